The summed E-state index contributed by atoms with van der Waals surface area (Å²) in [5, 5.41) is 14.9. The Hall–Kier alpha value is -3.25. The highest BCUT2D eigenvalue weighted by Gasteiger charge is 2.16. The van der Waals surface area contributed by atoms with E-state index < -0.39 is 5.97 Å². The van der Waals surface area contributed by atoms with Crippen molar-refractivity contribution < 1.29 is 9.90 Å². The average Bonchev–Trinajstić information content (AvgIpc) is 3.24. The molecule has 0 fully saturated rings. The molecule has 0 amide bonds. The summed E-state index contributed by atoms with van der Waals surface area (Å²) in [7, 11) is 0. The Morgan fingerprint density at radius 2 is 1.83 bits per heavy atom. The van der Waals surface area contributed by atoms with Crippen LogP contribution in [0, 0.1) is 13.8 Å². The molecule has 0 aliphatic rings. The van der Waals surface area contributed by atoms with Gasteiger partial charge in [-0.3, -0.25) is 9.48 Å². The first kappa shape index (κ1) is 19.1. The number of thiazole rings is 1. The van der Waals surface area contributed by atoms with E-state index in [1.165, 1.54) is 16.9 Å². The maximum Gasteiger partial charge on any atom is 0.307 e. The highest BCUT2D eigenvalue weighted by molar-refractivity contribution is 7.19. The van der Waals surface area contributed by atoms with Crippen molar-refractivity contribution in [2.24, 2.45) is 0 Å². The lowest BCUT2D eigenvalue weighted by molar-refractivity contribution is -0.135. The SMILES string of the molecule is Cc1nn(Cc2ccccc2)c(C)c1C=C(CC(=O)O)c1nc2ccccc2s1. The molecule has 0 saturated heterocycles. The molecule has 0 bridgehead atoms. The van der Waals surface area contributed by atoms with Gasteiger partial charge in [-0.1, -0.05) is 42.5 Å². The molecule has 2 aromatic heterocycles. The van der Waals surface area contributed by atoms with Crippen molar-refractivity contribution in [2.45, 2.75) is 26.8 Å². The summed E-state index contributed by atoms with van der Waals surface area (Å²) in [4.78, 5) is 16.2. The minimum Gasteiger partial charge on any atom is -0.481 e. The monoisotopic (exact) mass is 403 g/mol. The van der Waals surface area contributed by atoms with Gasteiger partial charge in [-0.25, -0.2) is 4.98 Å². The van der Waals surface area contributed by atoms with Crippen LogP contribution in [0.2, 0.25) is 0 Å². The number of hydrogen-bond donors (Lipinski definition) is 1. The summed E-state index contributed by atoms with van der Waals surface area (Å²) in [6.07, 6.45) is 1.85. The van der Waals surface area contributed by atoms with Crippen molar-refractivity contribution in [3.8, 4) is 0 Å². The van der Waals surface area contributed by atoms with E-state index in [1.807, 2.05) is 67.1 Å². The van der Waals surface area contributed by atoms with Gasteiger partial charge >= 0.3 is 5.97 Å². The van der Waals surface area contributed by atoms with Crippen molar-refractivity contribution in [3.63, 3.8) is 0 Å². The molecule has 2 heterocycles. The number of carboxylic acid groups (broad SMARTS) is 1. The molecule has 0 unspecified atom stereocenters. The highest BCUT2D eigenvalue weighted by atomic mass is 32.1. The third-order valence-corrected chi connectivity index (χ3v) is 5.95. The lowest BCUT2D eigenvalue weighted by atomic mass is 10.1. The second kappa shape index (κ2) is 8.01. The highest BCUT2D eigenvalue weighted by Crippen LogP contribution is 2.31. The second-order valence-corrected chi connectivity index (χ2v) is 7.99. The number of nitrogens with zero attached hydrogens (tertiary/aromatic N) is 3. The molecule has 1 N–H and O–H groups in total. The fourth-order valence-electron chi connectivity index (χ4n) is 3.37. The van der Waals surface area contributed by atoms with Crippen LogP contribution in [0.4, 0.5) is 0 Å². The van der Waals surface area contributed by atoms with E-state index in [2.05, 4.69) is 22.2 Å². The Morgan fingerprint density at radius 3 is 2.55 bits per heavy atom. The summed E-state index contributed by atoms with van der Waals surface area (Å²) in [5.74, 6) is -0.873. The molecule has 6 heteroatoms. The third-order valence-electron chi connectivity index (χ3n) is 4.84. The van der Waals surface area contributed by atoms with Crippen LogP contribution >= 0.6 is 11.3 Å². The van der Waals surface area contributed by atoms with Gasteiger partial charge in [-0.15, -0.1) is 11.3 Å². The number of fused-ring (bicyclic) bond motifs is 1. The zero-order valence-electron chi connectivity index (χ0n) is 16.3. The summed E-state index contributed by atoms with van der Waals surface area (Å²) < 4.78 is 3.01. The van der Waals surface area contributed by atoms with Gasteiger partial charge in [0.05, 0.1) is 28.9 Å². The zero-order chi connectivity index (χ0) is 20.4. The molecule has 0 atom stereocenters. The van der Waals surface area contributed by atoms with E-state index in [0.29, 0.717) is 12.1 Å². The number of para-hydroxylation sites is 1. The van der Waals surface area contributed by atoms with Gasteiger partial charge in [0.25, 0.3) is 0 Å². The quantitative estimate of drug-likeness (QED) is 0.482. The number of benzene rings is 2. The average molecular weight is 404 g/mol. The summed E-state index contributed by atoms with van der Waals surface area (Å²) in [6, 6.07) is 18.0. The minimum atomic E-state index is -0.873. The maximum absolute atomic E-state index is 11.5. The Bertz CT molecular complexity index is 1170. The molecular weight excluding hydrogens is 382 g/mol. The summed E-state index contributed by atoms with van der Waals surface area (Å²) in [5.41, 5.74) is 5.60. The largest absolute Gasteiger partial charge is 0.481 e. The Morgan fingerprint density at radius 1 is 1.10 bits per heavy atom. The van der Waals surface area contributed by atoms with Crippen LogP contribution in [0.5, 0.6) is 0 Å². The van der Waals surface area contributed by atoms with E-state index in [0.717, 1.165) is 32.2 Å². The number of aliphatic carboxylic acids is 1. The van der Waals surface area contributed by atoms with E-state index >= 15 is 0 Å². The van der Waals surface area contributed by atoms with Gasteiger partial charge < -0.3 is 5.11 Å². The number of aromatic nitrogens is 3. The van der Waals surface area contributed by atoms with Gasteiger partial charge in [0.15, 0.2) is 0 Å². The standard InChI is InChI=1S/C23H21N3O2S/c1-15-19(16(2)26(25-15)14-17-8-4-3-5-9-17)12-18(13-22(27)28)23-24-20-10-6-7-11-21(20)29-23/h3-12H,13-14H2,1-2H3,(H,27,28). The van der Waals surface area contributed by atoms with Crippen LogP contribution in [0.15, 0.2) is 54.6 Å². The molecule has 29 heavy (non-hydrogen) atoms. The van der Waals surface area contributed by atoms with E-state index in [-0.39, 0.29) is 6.42 Å². The second-order valence-electron chi connectivity index (χ2n) is 6.95. The molecule has 4 rings (SSSR count). The molecule has 0 spiro atoms. The van der Waals surface area contributed by atoms with E-state index in [4.69, 9.17) is 0 Å². The van der Waals surface area contributed by atoms with E-state index in [9.17, 15) is 9.90 Å². The van der Waals surface area contributed by atoms with Crippen LogP contribution < -0.4 is 0 Å². The predicted molar refractivity (Wildman–Crippen MR) is 117 cm³/mol. The molecule has 146 valence electrons. The van der Waals surface area contributed by atoms with Crippen molar-refractivity contribution >= 4 is 39.2 Å². The van der Waals surface area contributed by atoms with Gasteiger partial charge in [0.1, 0.15) is 5.01 Å². The number of aryl methyl sites for hydroxylation is 1. The lowest BCUT2D eigenvalue weighted by Gasteiger charge is -2.05. The number of carbonyl (C=O) groups is 1. The Kier molecular flexibility index (Phi) is 5.27. The van der Waals surface area contributed by atoms with Crippen molar-refractivity contribution in [1.29, 1.82) is 0 Å². The van der Waals surface area contributed by atoms with Crippen molar-refractivity contribution in [2.75, 3.05) is 0 Å². The smallest absolute Gasteiger partial charge is 0.307 e. The number of hydrogen-bond acceptors (Lipinski definition) is 4. The lowest BCUT2D eigenvalue weighted by Crippen LogP contribution is -2.04. The Balaban J connectivity index is 1.75. The van der Waals surface area contributed by atoms with E-state index in [1.54, 1.807) is 0 Å². The zero-order valence-corrected chi connectivity index (χ0v) is 17.1. The van der Waals surface area contributed by atoms with Crippen LogP contribution in [0.1, 0.15) is 33.9 Å². The van der Waals surface area contributed by atoms with Gasteiger partial charge in [-0.05, 0) is 43.2 Å². The first-order valence-corrected chi connectivity index (χ1v) is 10.2. The molecule has 0 aliphatic carbocycles. The molecule has 0 saturated carbocycles. The van der Waals surface area contributed by atoms with Crippen LogP contribution in [-0.4, -0.2) is 25.8 Å². The fraction of sp³-hybridized carbons (Fsp3) is 0.174. The maximum atomic E-state index is 11.5. The molecular formula is C23H21N3O2S. The normalized spacial score (nSPS) is 11.9. The summed E-state index contributed by atoms with van der Waals surface area (Å²) >= 11 is 1.52. The predicted octanol–water partition coefficient (Wildman–Crippen LogP) is 5.17. The molecule has 0 radical (unpaired) electrons. The first-order chi connectivity index (χ1) is 14.0. The van der Waals surface area contributed by atoms with Crippen molar-refractivity contribution in [1.82, 2.24) is 14.8 Å². The molecule has 0 aliphatic heterocycles. The van der Waals surface area contributed by atoms with Crippen LogP contribution in [-0.2, 0) is 11.3 Å². The summed E-state index contributed by atoms with van der Waals surface area (Å²) in [6.45, 7) is 4.65. The minimum absolute atomic E-state index is 0.0808. The molecule has 2 aromatic carbocycles. The Labute approximate surface area is 173 Å². The fourth-order valence-corrected chi connectivity index (χ4v) is 4.34. The molecule has 5 nitrogen and oxygen atoms in total. The van der Waals surface area contributed by atoms with Crippen LogP contribution in [0.3, 0.4) is 0 Å². The van der Waals surface area contributed by atoms with Gasteiger partial charge in [0, 0.05) is 11.3 Å². The third kappa shape index (κ3) is 4.12. The van der Waals surface area contributed by atoms with Crippen molar-refractivity contribution in [3.05, 3.63) is 82.1 Å². The number of carboxylic acids is 1. The number of rotatable bonds is 6. The first-order valence-electron chi connectivity index (χ1n) is 9.37. The van der Waals surface area contributed by atoms with Crippen LogP contribution in [0.25, 0.3) is 21.9 Å². The topological polar surface area (TPSA) is 68.0 Å². The molecule has 4 aromatic rings. The van der Waals surface area contributed by atoms with Gasteiger partial charge in [0.2, 0.25) is 0 Å². The van der Waals surface area contributed by atoms with Gasteiger partial charge in [-0.2, -0.15) is 5.10 Å².